The van der Waals surface area contributed by atoms with Crippen LogP contribution in [0.3, 0.4) is 0 Å². The predicted octanol–water partition coefficient (Wildman–Crippen LogP) is 0.534. The second-order valence-corrected chi connectivity index (χ2v) is 3.26. The van der Waals surface area contributed by atoms with Gasteiger partial charge in [0.2, 0.25) is 0 Å². The van der Waals surface area contributed by atoms with Crippen LogP contribution in [0.15, 0.2) is 0 Å². The highest BCUT2D eigenvalue weighted by atomic mass is 35.5. The molecule has 0 aliphatic rings. The lowest BCUT2D eigenvalue weighted by Gasteiger charge is -1.99. The molecule has 6 heteroatoms. The number of carbonyl (C=O) groups is 1. The smallest absolute Gasteiger partial charge is 0.356 e. The minimum atomic E-state index is -1.04. The number of nitrogens with one attached hydrogen (secondary N) is 1. The third kappa shape index (κ3) is 2.05. The number of carboxylic acids is 1. The molecule has 14 heavy (non-hydrogen) atoms. The molecule has 0 unspecified atom stereocenters. The molecule has 0 atom stereocenters. The summed E-state index contributed by atoms with van der Waals surface area (Å²) >= 11 is 5.90. The highest BCUT2D eigenvalue weighted by Gasteiger charge is 2.19. The second-order valence-electron chi connectivity index (χ2n) is 2.90. The van der Waals surface area contributed by atoms with Crippen molar-refractivity contribution in [2.45, 2.75) is 6.42 Å². The number of likely N-dealkylation sites (N-methyl/N-ethyl adjacent to an activating group) is 1. The van der Waals surface area contributed by atoms with Crippen LogP contribution in [0.25, 0.3) is 0 Å². The first-order valence-electron chi connectivity index (χ1n) is 4.17. The van der Waals surface area contributed by atoms with Crippen LogP contribution in [-0.4, -0.2) is 34.4 Å². The largest absolute Gasteiger partial charge is 0.476 e. The maximum absolute atomic E-state index is 10.8. The number of hydrogen-bond acceptors (Lipinski definition) is 3. The number of aromatic nitrogens is 2. The van der Waals surface area contributed by atoms with E-state index in [1.165, 1.54) is 4.68 Å². The van der Waals surface area contributed by atoms with Crippen molar-refractivity contribution in [3.8, 4) is 0 Å². The molecule has 1 heterocycles. The zero-order valence-electron chi connectivity index (χ0n) is 8.04. The fraction of sp³-hybridized carbons (Fsp3) is 0.500. The molecule has 5 nitrogen and oxygen atoms in total. The number of aryl methyl sites for hydroxylation is 1. The third-order valence-corrected chi connectivity index (χ3v) is 2.37. The fourth-order valence-electron chi connectivity index (χ4n) is 1.19. The lowest BCUT2D eigenvalue weighted by Crippen LogP contribution is -2.12. The van der Waals surface area contributed by atoms with E-state index in [4.69, 9.17) is 16.7 Å². The van der Waals surface area contributed by atoms with Crippen molar-refractivity contribution in [2.24, 2.45) is 7.05 Å². The fourth-order valence-corrected chi connectivity index (χ4v) is 1.41. The number of nitrogens with zero attached hydrogens (tertiary/aromatic N) is 2. The molecule has 0 aromatic carbocycles. The van der Waals surface area contributed by atoms with Crippen LogP contribution in [0.2, 0.25) is 5.15 Å². The molecular weight excluding hydrogens is 206 g/mol. The normalized spacial score (nSPS) is 10.5. The van der Waals surface area contributed by atoms with Gasteiger partial charge in [0.25, 0.3) is 0 Å². The van der Waals surface area contributed by atoms with Gasteiger partial charge in [-0.1, -0.05) is 11.6 Å². The SMILES string of the molecule is CNCCc1c(C(=O)O)nn(C)c1Cl. The molecule has 0 saturated heterocycles. The van der Waals surface area contributed by atoms with Gasteiger partial charge in [-0.15, -0.1) is 0 Å². The second kappa shape index (κ2) is 4.43. The molecular formula is C8H12ClN3O2. The van der Waals surface area contributed by atoms with E-state index in [0.717, 1.165) is 0 Å². The van der Waals surface area contributed by atoms with Crippen molar-refractivity contribution in [2.75, 3.05) is 13.6 Å². The zero-order chi connectivity index (χ0) is 10.7. The summed E-state index contributed by atoms with van der Waals surface area (Å²) in [4.78, 5) is 10.8. The minimum absolute atomic E-state index is 0.0350. The minimum Gasteiger partial charge on any atom is -0.476 e. The Kier molecular flexibility index (Phi) is 3.49. The molecule has 0 radical (unpaired) electrons. The Morgan fingerprint density at radius 3 is 2.86 bits per heavy atom. The molecule has 0 spiro atoms. The van der Waals surface area contributed by atoms with Crippen molar-refractivity contribution >= 4 is 17.6 Å². The van der Waals surface area contributed by atoms with Crippen LogP contribution in [0.1, 0.15) is 16.1 Å². The topological polar surface area (TPSA) is 67.2 Å². The van der Waals surface area contributed by atoms with Crippen molar-refractivity contribution < 1.29 is 9.90 Å². The van der Waals surface area contributed by atoms with E-state index in [1.54, 1.807) is 14.1 Å². The lowest BCUT2D eigenvalue weighted by molar-refractivity contribution is 0.0688. The molecule has 1 rings (SSSR count). The predicted molar refractivity (Wildman–Crippen MR) is 52.8 cm³/mol. The Balaban J connectivity index is 3.03. The van der Waals surface area contributed by atoms with E-state index in [1.807, 2.05) is 0 Å². The summed E-state index contributed by atoms with van der Waals surface area (Å²) < 4.78 is 1.37. The van der Waals surface area contributed by atoms with E-state index in [2.05, 4.69) is 10.4 Å². The van der Waals surface area contributed by atoms with E-state index < -0.39 is 5.97 Å². The van der Waals surface area contributed by atoms with Gasteiger partial charge in [-0.25, -0.2) is 4.79 Å². The summed E-state index contributed by atoms with van der Waals surface area (Å²) in [6.45, 7) is 0.672. The number of halogens is 1. The Bertz CT molecular complexity index is 349. The number of rotatable bonds is 4. The Morgan fingerprint density at radius 1 is 1.71 bits per heavy atom. The summed E-state index contributed by atoms with van der Waals surface area (Å²) in [5, 5.41) is 16.0. The van der Waals surface area contributed by atoms with Crippen molar-refractivity contribution in [3.05, 3.63) is 16.4 Å². The van der Waals surface area contributed by atoms with Crippen molar-refractivity contribution in [1.82, 2.24) is 15.1 Å². The number of aromatic carboxylic acids is 1. The standard InChI is InChI=1S/C8H12ClN3O2/c1-10-4-3-5-6(8(13)14)11-12(2)7(5)9/h10H,3-4H2,1-2H3,(H,13,14). The zero-order valence-corrected chi connectivity index (χ0v) is 8.80. The molecule has 0 aliphatic heterocycles. The van der Waals surface area contributed by atoms with Crippen LogP contribution < -0.4 is 5.32 Å². The third-order valence-electron chi connectivity index (χ3n) is 1.90. The van der Waals surface area contributed by atoms with Gasteiger partial charge in [0.15, 0.2) is 5.69 Å². The molecule has 2 N–H and O–H groups in total. The quantitative estimate of drug-likeness (QED) is 0.772. The van der Waals surface area contributed by atoms with E-state index in [9.17, 15) is 4.79 Å². The summed E-state index contributed by atoms with van der Waals surface area (Å²) in [5.74, 6) is -1.04. The summed E-state index contributed by atoms with van der Waals surface area (Å²) in [5.41, 5.74) is 0.615. The van der Waals surface area contributed by atoms with E-state index in [-0.39, 0.29) is 5.69 Å². The van der Waals surface area contributed by atoms with Crippen molar-refractivity contribution in [3.63, 3.8) is 0 Å². The molecule has 1 aromatic heterocycles. The molecule has 0 fully saturated rings. The van der Waals surface area contributed by atoms with Crippen LogP contribution in [0.5, 0.6) is 0 Å². The Morgan fingerprint density at radius 2 is 2.36 bits per heavy atom. The Labute approximate surface area is 86.7 Å². The maximum Gasteiger partial charge on any atom is 0.356 e. The van der Waals surface area contributed by atoms with Crippen LogP contribution >= 0.6 is 11.6 Å². The molecule has 0 aliphatic carbocycles. The number of hydrogen-bond donors (Lipinski definition) is 2. The summed E-state index contributed by atoms with van der Waals surface area (Å²) in [6.07, 6.45) is 0.560. The van der Waals surface area contributed by atoms with Gasteiger partial charge in [0.05, 0.1) is 0 Å². The van der Waals surface area contributed by atoms with E-state index >= 15 is 0 Å². The monoisotopic (exact) mass is 217 g/mol. The lowest BCUT2D eigenvalue weighted by atomic mass is 10.2. The summed E-state index contributed by atoms with van der Waals surface area (Å²) in [6, 6.07) is 0. The van der Waals surface area contributed by atoms with Gasteiger partial charge in [-0.2, -0.15) is 5.10 Å². The van der Waals surface area contributed by atoms with Crippen molar-refractivity contribution in [1.29, 1.82) is 0 Å². The first-order valence-corrected chi connectivity index (χ1v) is 4.55. The Hall–Kier alpha value is -1.07. The first kappa shape index (κ1) is 11.0. The first-order chi connectivity index (χ1) is 6.57. The van der Waals surface area contributed by atoms with E-state index in [0.29, 0.717) is 23.7 Å². The van der Waals surface area contributed by atoms with Gasteiger partial charge in [0, 0.05) is 12.6 Å². The molecule has 1 aromatic rings. The molecule has 0 saturated carbocycles. The van der Waals surface area contributed by atoms with Crippen LogP contribution in [0, 0.1) is 0 Å². The van der Waals surface area contributed by atoms with Crippen LogP contribution in [-0.2, 0) is 13.5 Å². The highest BCUT2D eigenvalue weighted by Crippen LogP contribution is 2.19. The van der Waals surface area contributed by atoms with Gasteiger partial charge in [-0.05, 0) is 20.0 Å². The number of carboxylic acid groups (broad SMARTS) is 1. The van der Waals surface area contributed by atoms with Gasteiger partial charge >= 0.3 is 5.97 Å². The highest BCUT2D eigenvalue weighted by molar-refractivity contribution is 6.30. The van der Waals surface area contributed by atoms with Gasteiger partial charge < -0.3 is 10.4 Å². The summed E-state index contributed by atoms with van der Waals surface area (Å²) in [7, 11) is 3.42. The average Bonchev–Trinajstić information content (AvgIpc) is 2.41. The average molecular weight is 218 g/mol. The van der Waals surface area contributed by atoms with Gasteiger partial charge in [0.1, 0.15) is 5.15 Å². The van der Waals surface area contributed by atoms with Crippen LogP contribution in [0.4, 0.5) is 0 Å². The van der Waals surface area contributed by atoms with Gasteiger partial charge in [-0.3, -0.25) is 4.68 Å². The molecule has 78 valence electrons. The molecule has 0 bridgehead atoms. The maximum atomic E-state index is 10.8. The molecule has 0 amide bonds.